The van der Waals surface area contributed by atoms with Crippen LogP contribution in [0.4, 0.5) is 51.0 Å². The zero-order valence-corrected chi connectivity index (χ0v) is 23.0. The largest absolute Gasteiger partial charge is 0.490 e. The lowest BCUT2D eigenvalue weighted by molar-refractivity contribution is -0.193. The Balaban J connectivity index is 0.000000413. The summed E-state index contributed by atoms with van der Waals surface area (Å²) in [6, 6.07) is 9.49. The van der Waals surface area contributed by atoms with Crippen molar-refractivity contribution < 1.29 is 74.0 Å². The average Bonchev–Trinajstić information content (AvgIpc) is 3.41. The number of carboxylic acids is 3. The molecule has 4 rings (SSSR count). The number of hydrogen-bond donors (Lipinski definition) is 5. The molecule has 22 heteroatoms. The number of carbonyl (C=O) groups is 4. The van der Waals surface area contributed by atoms with Gasteiger partial charge in [0.1, 0.15) is 5.82 Å². The highest BCUT2D eigenvalue weighted by molar-refractivity contribution is 5.95. The number of anilines is 2. The Labute approximate surface area is 251 Å². The highest BCUT2D eigenvalue weighted by Crippen LogP contribution is 2.21. The molecule has 254 valence electrons. The number of aromatic nitrogens is 3. The molecule has 0 radical (unpaired) electrons. The summed E-state index contributed by atoms with van der Waals surface area (Å²) in [5.74, 6) is -7.56. The smallest absolute Gasteiger partial charge is 0.475 e. The Morgan fingerprint density at radius 1 is 0.783 bits per heavy atom. The van der Waals surface area contributed by atoms with Crippen molar-refractivity contribution in [1.82, 2.24) is 25.0 Å². The Bertz CT molecular complexity index is 1430. The van der Waals surface area contributed by atoms with E-state index in [1.807, 2.05) is 23.1 Å². The van der Waals surface area contributed by atoms with Crippen LogP contribution in [0.25, 0.3) is 10.9 Å². The molecule has 46 heavy (non-hydrogen) atoms. The number of rotatable bonds is 3. The fourth-order valence-electron chi connectivity index (χ4n) is 2.99. The third-order valence-electron chi connectivity index (χ3n) is 5.24. The summed E-state index contributed by atoms with van der Waals surface area (Å²) in [4.78, 5) is 47.8. The number of H-pyrrole nitrogens is 1. The number of halogens is 9. The summed E-state index contributed by atoms with van der Waals surface area (Å²) in [6.07, 6.45) is -11.8. The van der Waals surface area contributed by atoms with Gasteiger partial charge in [0, 0.05) is 49.0 Å². The number of carboxylic acid groups (broad SMARTS) is 3. The van der Waals surface area contributed by atoms with Gasteiger partial charge in [-0.05, 0) is 37.4 Å². The molecule has 1 aliphatic heterocycles. The van der Waals surface area contributed by atoms with E-state index in [-0.39, 0.29) is 5.91 Å². The first kappa shape index (κ1) is 38.9. The van der Waals surface area contributed by atoms with Crippen LogP contribution in [0.2, 0.25) is 0 Å². The van der Waals surface area contributed by atoms with Gasteiger partial charge in [0.25, 0.3) is 5.91 Å². The van der Waals surface area contributed by atoms with Crippen LogP contribution in [-0.4, -0.2) is 116 Å². The van der Waals surface area contributed by atoms with E-state index in [9.17, 15) is 44.3 Å². The van der Waals surface area contributed by atoms with Gasteiger partial charge >= 0.3 is 36.4 Å². The molecule has 3 heterocycles. The summed E-state index contributed by atoms with van der Waals surface area (Å²) in [5, 5.41) is 32.6. The molecule has 3 aromatic rings. The molecule has 0 aliphatic carbocycles. The monoisotopic (exact) mass is 678 g/mol. The summed E-state index contributed by atoms with van der Waals surface area (Å²) in [7, 11) is 2.08. The van der Waals surface area contributed by atoms with Crippen LogP contribution in [0, 0.1) is 0 Å². The minimum Gasteiger partial charge on any atom is -0.475 e. The minimum atomic E-state index is -5.08. The number of carbonyl (C=O) groups excluding carboxylic acids is 1. The van der Waals surface area contributed by atoms with Crippen molar-refractivity contribution in [2.45, 2.75) is 18.5 Å². The highest BCUT2D eigenvalue weighted by atomic mass is 19.4. The van der Waals surface area contributed by atoms with Crippen LogP contribution in [0.5, 0.6) is 0 Å². The van der Waals surface area contributed by atoms with E-state index in [1.54, 1.807) is 24.5 Å². The maximum atomic E-state index is 12.7. The Hall–Kier alpha value is -5.15. The van der Waals surface area contributed by atoms with Crippen LogP contribution >= 0.6 is 0 Å². The SMILES string of the molecule is CN1CCN(C(=O)c2ccnc(Nc3ccc4[nH]ncc4c3)c2)CC1.O=C(O)C(F)(F)F.O=C(O)C(F)(F)F.O=C(O)C(F)(F)F. The fourth-order valence-corrected chi connectivity index (χ4v) is 2.99. The number of aliphatic carboxylic acids is 3. The second-order valence-electron chi connectivity index (χ2n) is 8.73. The number of pyridine rings is 1. The number of nitrogens with one attached hydrogen (secondary N) is 2. The molecular formula is C24H23F9N6O7. The summed E-state index contributed by atoms with van der Waals surface area (Å²) in [6.45, 7) is 3.34. The number of piperazine rings is 1. The molecule has 1 aromatic carbocycles. The van der Waals surface area contributed by atoms with Crippen molar-refractivity contribution in [1.29, 1.82) is 0 Å². The quantitative estimate of drug-likeness (QED) is 0.252. The molecule has 1 saturated heterocycles. The van der Waals surface area contributed by atoms with E-state index in [2.05, 4.69) is 32.4 Å². The van der Waals surface area contributed by atoms with E-state index in [1.165, 1.54) is 0 Å². The third-order valence-corrected chi connectivity index (χ3v) is 5.24. The van der Waals surface area contributed by atoms with Gasteiger partial charge in [-0.25, -0.2) is 19.4 Å². The van der Waals surface area contributed by atoms with Gasteiger partial charge < -0.3 is 30.4 Å². The molecule has 0 atom stereocenters. The average molecular weight is 678 g/mol. The number of aromatic amines is 1. The van der Waals surface area contributed by atoms with E-state index in [0.717, 1.165) is 42.8 Å². The second kappa shape index (κ2) is 16.2. The molecule has 0 bridgehead atoms. The molecule has 13 nitrogen and oxygen atoms in total. The topological polar surface area (TPSA) is 189 Å². The predicted octanol–water partition coefficient (Wildman–Crippen LogP) is 3.99. The zero-order chi connectivity index (χ0) is 35.5. The fraction of sp³-hybridized carbons (Fsp3) is 0.333. The number of benzene rings is 1. The standard InChI is InChI=1S/C18H20N6O.3C2HF3O2/c1-23-6-8-24(9-7-23)18(25)13-4-5-19-17(11-13)21-15-2-3-16-14(10-15)12-20-22-16;3*3-2(4,5)1(6)7/h2-5,10-12H,6-9H2,1H3,(H,19,21)(H,20,22);3*(H,6,7). The molecular weight excluding hydrogens is 655 g/mol. The molecule has 1 fully saturated rings. The van der Waals surface area contributed by atoms with E-state index in [4.69, 9.17) is 29.7 Å². The summed E-state index contributed by atoms with van der Waals surface area (Å²) >= 11 is 0. The Kier molecular flexibility index (Phi) is 13.7. The first-order chi connectivity index (χ1) is 21.0. The van der Waals surface area contributed by atoms with Gasteiger partial charge in [-0.1, -0.05) is 0 Å². The highest BCUT2D eigenvalue weighted by Gasteiger charge is 2.39. The van der Waals surface area contributed by atoms with Crippen LogP contribution in [0.1, 0.15) is 10.4 Å². The first-order valence-electron chi connectivity index (χ1n) is 12.1. The molecule has 1 amide bonds. The third kappa shape index (κ3) is 13.7. The number of likely N-dealkylation sites (N-methyl/N-ethyl adjacent to an activating group) is 1. The lowest BCUT2D eigenvalue weighted by Gasteiger charge is -2.32. The number of fused-ring (bicyclic) bond motifs is 1. The maximum Gasteiger partial charge on any atom is 0.490 e. The Morgan fingerprint density at radius 3 is 1.72 bits per heavy atom. The van der Waals surface area contributed by atoms with Gasteiger partial charge in [-0.15, -0.1) is 0 Å². The normalized spacial score (nSPS) is 13.6. The van der Waals surface area contributed by atoms with E-state index < -0.39 is 36.4 Å². The van der Waals surface area contributed by atoms with Crippen LogP contribution in [0.15, 0.2) is 42.7 Å². The Morgan fingerprint density at radius 2 is 1.26 bits per heavy atom. The number of alkyl halides is 9. The van der Waals surface area contributed by atoms with Gasteiger partial charge in [-0.2, -0.15) is 44.6 Å². The lowest BCUT2D eigenvalue weighted by atomic mass is 10.2. The van der Waals surface area contributed by atoms with Crippen molar-refractivity contribution in [3.63, 3.8) is 0 Å². The number of hydrogen-bond acceptors (Lipinski definition) is 8. The van der Waals surface area contributed by atoms with Crippen LogP contribution in [-0.2, 0) is 14.4 Å². The van der Waals surface area contributed by atoms with Crippen molar-refractivity contribution in [3.8, 4) is 0 Å². The van der Waals surface area contributed by atoms with Crippen LogP contribution in [0.3, 0.4) is 0 Å². The van der Waals surface area contributed by atoms with Crippen LogP contribution < -0.4 is 5.32 Å². The molecule has 0 spiro atoms. The van der Waals surface area contributed by atoms with Crippen molar-refractivity contribution in [2.75, 3.05) is 38.5 Å². The van der Waals surface area contributed by atoms with Crippen molar-refractivity contribution >= 4 is 46.2 Å². The van der Waals surface area contributed by atoms with Gasteiger partial charge in [-0.3, -0.25) is 9.89 Å². The predicted molar refractivity (Wildman–Crippen MR) is 138 cm³/mol. The zero-order valence-electron chi connectivity index (χ0n) is 23.0. The van der Waals surface area contributed by atoms with E-state index >= 15 is 0 Å². The van der Waals surface area contributed by atoms with Gasteiger partial charge in [0.2, 0.25) is 0 Å². The maximum absolute atomic E-state index is 12.7. The van der Waals surface area contributed by atoms with Crippen molar-refractivity contribution in [3.05, 3.63) is 48.3 Å². The number of amides is 1. The minimum absolute atomic E-state index is 0.0591. The summed E-state index contributed by atoms with van der Waals surface area (Å²) < 4.78 is 95.2. The van der Waals surface area contributed by atoms with E-state index in [0.29, 0.717) is 11.4 Å². The summed E-state index contributed by atoms with van der Waals surface area (Å²) in [5.41, 5.74) is 2.55. The molecule has 0 unspecified atom stereocenters. The molecule has 1 aliphatic rings. The molecule has 0 saturated carbocycles. The molecule has 5 N–H and O–H groups in total. The van der Waals surface area contributed by atoms with Gasteiger partial charge in [0.05, 0.1) is 11.7 Å². The first-order valence-corrected chi connectivity index (χ1v) is 12.1. The second-order valence-corrected chi connectivity index (χ2v) is 8.73. The van der Waals surface area contributed by atoms with Crippen molar-refractivity contribution in [2.24, 2.45) is 0 Å². The lowest BCUT2D eigenvalue weighted by Crippen LogP contribution is -2.47. The molecule has 2 aromatic heterocycles. The number of nitrogens with zero attached hydrogens (tertiary/aromatic N) is 4. The van der Waals surface area contributed by atoms with Gasteiger partial charge in [0.15, 0.2) is 0 Å².